The van der Waals surface area contributed by atoms with Crippen LogP contribution in [0.2, 0.25) is 0 Å². The van der Waals surface area contributed by atoms with Crippen molar-refractivity contribution in [3.8, 4) is 0 Å². The lowest BCUT2D eigenvalue weighted by atomic mass is 9.96. The van der Waals surface area contributed by atoms with E-state index in [1.54, 1.807) is 0 Å². The minimum Gasteiger partial charge on any atom is -0.465 e. The van der Waals surface area contributed by atoms with Crippen LogP contribution < -0.4 is 5.32 Å². The van der Waals surface area contributed by atoms with Gasteiger partial charge in [-0.3, -0.25) is 9.59 Å². The number of hydrogen-bond acceptors (Lipinski definition) is 6. The Morgan fingerprint density at radius 3 is 1.24 bits per heavy atom. The molecular weight excluding hydrogens is 681 g/mol. The molecule has 0 fully saturated rings. The molecular formula is C49H100N2O4. The summed E-state index contributed by atoms with van der Waals surface area (Å²) < 4.78 is 11.5. The van der Waals surface area contributed by atoms with E-state index in [0.717, 1.165) is 32.2 Å². The van der Waals surface area contributed by atoms with E-state index in [1.807, 2.05) is 0 Å². The Morgan fingerprint density at radius 1 is 0.455 bits per heavy atom. The van der Waals surface area contributed by atoms with Crippen LogP contribution in [0.3, 0.4) is 0 Å². The van der Waals surface area contributed by atoms with E-state index in [4.69, 9.17) is 9.47 Å². The molecule has 0 aromatic heterocycles. The Bertz CT molecular complexity index is 757. The van der Waals surface area contributed by atoms with Gasteiger partial charge in [0.2, 0.25) is 0 Å². The van der Waals surface area contributed by atoms with Crippen molar-refractivity contribution in [2.45, 2.75) is 252 Å². The van der Waals surface area contributed by atoms with E-state index >= 15 is 0 Å². The molecule has 0 rings (SSSR count). The summed E-state index contributed by atoms with van der Waals surface area (Å²) in [6.45, 7) is 12.6. The first-order chi connectivity index (χ1) is 26.9. The molecule has 1 N–H and O–H groups in total. The number of ether oxygens (including phenoxy) is 2. The van der Waals surface area contributed by atoms with Crippen molar-refractivity contribution in [3.63, 3.8) is 0 Å². The third kappa shape index (κ3) is 39.5. The lowest BCUT2D eigenvalue weighted by molar-refractivity contribution is -0.146. The van der Waals surface area contributed by atoms with E-state index in [1.165, 1.54) is 186 Å². The molecule has 0 bridgehead atoms. The zero-order valence-electron chi connectivity index (χ0n) is 38.2. The van der Waals surface area contributed by atoms with Crippen molar-refractivity contribution in [2.75, 3.05) is 40.4 Å². The third-order valence-electron chi connectivity index (χ3n) is 11.7. The summed E-state index contributed by atoms with van der Waals surface area (Å²) in [6, 6.07) is 0.629. The minimum atomic E-state index is 0. The second-order valence-electron chi connectivity index (χ2n) is 17.6. The summed E-state index contributed by atoms with van der Waals surface area (Å²) >= 11 is 0. The number of carbonyl (C=O) groups is 2. The molecule has 0 spiro atoms. The largest absolute Gasteiger partial charge is 0.465 e. The van der Waals surface area contributed by atoms with Gasteiger partial charge in [0.1, 0.15) is 0 Å². The zero-order chi connectivity index (χ0) is 40.5. The van der Waals surface area contributed by atoms with Gasteiger partial charge in [-0.15, -0.1) is 0 Å². The van der Waals surface area contributed by atoms with Gasteiger partial charge in [0.25, 0.3) is 0 Å². The Kier molecular flexibility index (Phi) is 41.6. The van der Waals surface area contributed by atoms with Crippen LogP contribution in [0.15, 0.2) is 0 Å². The highest BCUT2D eigenvalue weighted by molar-refractivity contribution is 5.69. The van der Waals surface area contributed by atoms with Crippen LogP contribution in [0.1, 0.15) is 247 Å². The lowest BCUT2D eigenvalue weighted by Crippen LogP contribution is -2.30. The van der Waals surface area contributed by atoms with E-state index in [0.29, 0.717) is 43.9 Å². The van der Waals surface area contributed by atoms with Crippen molar-refractivity contribution < 1.29 is 20.5 Å². The molecule has 0 aromatic carbocycles. The van der Waals surface area contributed by atoms with Gasteiger partial charge in [-0.05, 0) is 103 Å². The van der Waals surface area contributed by atoms with Gasteiger partial charge in [0.05, 0.1) is 13.2 Å². The molecule has 0 aliphatic heterocycles. The van der Waals surface area contributed by atoms with E-state index < -0.39 is 0 Å². The highest BCUT2D eigenvalue weighted by Crippen LogP contribution is 2.21. The van der Waals surface area contributed by atoms with Crippen LogP contribution in [-0.4, -0.2) is 63.3 Å². The van der Waals surface area contributed by atoms with Gasteiger partial charge in [0.15, 0.2) is 0 Å². The van der Waals surface area contributed by atoms with E-state index in [2.05, 4.69) is 52.0 Å². The van der Waals surface area contributed by atoms with Gasteiger partial charge in [-0.2, -0.15) is 0 Å². The second kappa shape index (κ2) is 42.5. The van der Waals surface area contributed by atoms with Crippen LogP contribution >= 0.6 is 0 Å². The average Bonchev–Trinajstić information content (AvgIpc) is 3.17. The highest BCUT2D eigenvalue weighted by atomic mass is 16.5. The number of carbonyl (C=O) groups excluding carboxylic acids is 2. The lowest BCUT2D eigenvalue weighted by Gasteiger charge is -2.19. The van der Waals surface area contributed by atoms with Gasteiger partial charge < -0.3 is 19.7 Å². The summed E-state index contributed by atoms with van der Waals surface area (Å²) in [5.41, 5.74) is 0. The molecule has 0 saturated carbocycles. The fourth-order valence-electron chi connectivity index (χ4n) is 7.84. The smallest absolute Gasteiger partial charge is 0.305 e. The van der Waals surface area contributed by atoms with Crippen molar-refractivity contribution >= 4 is 11.9 Å². The van der Waals surface area contributed by atoms with Crippen molar-refractivity contribution in [2.24, 2.45) is 11.8 Å². The molecule has 0 heterocycles. The van der Waals surface area contributed by atoms with Crippen molar-refractivity contribution in [1.82, 2.24) is 10.2 Å². The molecule has 0 saturated heterocycles. The number of nitrogens with zero attached hydrogens (tertiary/aromatic N) is 1. The Hall–Kier alpha value is -1.14. The summed E-state index contributed by atoms with van der Waals surface area (Å²) in [4.78, 5) is 27.1. The molecule has 6 nitrogen and oxygen atoms in total. The SMILES string of the molecule is CCCCCCC(CCCC)COC(=O)CCCCCCCCC(CCCCCCCCC(=O)OCC(CCCC)CCCCCC)NCCCCN(C)C.[HH]. The molecule has 2 atom stereocenters. The zero-order valence-corrected chi connectivity index (χ0v) is 38.2. The molecule has 330 valence electrons. The number of nitrogens with one attached hydrogen (secondary N) is 1. The Labute approximate surface area is 346 Å². The summed E-state index contributed by atoms with van der Waals surface area (Å²) in [5, 5.41) is 3.91. The van der Waals surface area contributed by atoms with Gasteiger partial charge in [-0.25, -0.2) is 0 Å². The average molecular weight is 781 g/mol. The molecule has 0 aromatic rings. The quantitative estimate of drug-likeness (QED) is 0.0491. The summed E-state index contributed by atoms with van der Waals surface area (Å²) in [6.07, 6.45) is 40.7. The number of hydrogen-bond donors (Lipinski definition) is 1. The van der Waals surface area contributed by atoms with E-state index in [-0.39, 0.29) is 13.4 Å². The predicted molar refractivity (Wildman–Crippen MR) is 241 cm³/mol. The molecule has 55 heavy (non-hydrogen) atoms. The van der Waals surface area contributed by atoms with Crippen LogP contribution in [0.4, 0.5) is 0 Å². The maximum absolute atomic E-state index is 12.4. The third-order valence-corrected chi connectivity index (χ3v) is 11.7. The standard InChI is InChI=1S/C49H98N2O4.H2/c1-7-11-15-25-35-45(33-13-9-3)43-54-48(52)39-29-23-19-17-21-27-37-47(50-41-31-32-42-51(5)6)38-28-22-18-20-24-30-40-49(53)55-44-46(34-14-10-4)36-26-16-12-8-2;/h45-47,50H,7-44H2,1-6H3;1H. The van der Waals surface area contributed by atoms with Gasteiger partial charge in [-0.1, -0.05) is 169 Å². The molecule has 0 amide bonds. The monoisotopic (exact) mass is 781 g/mol. The van der Waals surface area contributed by atoms with Gasteiger partial charge >= 0.3 is 11.9 Å². The maximum atomic E-state index is 12.4. The minimum absolute atomic E-state index is 0. The summed E-state index contributed by atoms with van der Waals surface area (Å²) in [5.74, 6) is 1.14. The Morgan fingerprint density at radius 2 is 0.818 bits per heavy atom. The van der Waals surface area contributed by atoms with Gasteiger partial charge in [0, 0.05) is 20.3 Å². The second-order valence-corrected chi connectivity index (χ2v) is 17.6. The molecule has 6 heteroatoms. The highest BCUT2D eigenvalue weighted by Gasteiger charge is 2.14. The van der Waals surface area contributed by atoms with Crippen molar-refractivity contribution in [3.05, 3.63) is 0 Å². The Balaban J connectivity index is 0. The van der Waals surface area contributed by atoms with Crippen LogP contribution in [0, 0.1) is 11.8 Å². The topological polar surface area (TPSA) is 67.9 Å². The fraction of sp³-hybridized carbons (Fsp3) is 0.959. The molecule has 0 aliphatic carbocycles. The predicted octanol–water partition coefficient (Wildman–Crippen LogP) is 14.4. The molecule has 0 aliphatic rings. The van der Waals surface area contributed by atoms with Crippen LogP contribution in [-0.2, 0) is 19.1 Å². The molecule has 2 unspecified atom stereocenters. The first-order valence-electron chi connectivity index (χ1n) is 24.5. The van der Waals surface area contributed by atoms with E-state index in [9.17, 15) is 9.59 Å². The first kappa shape index (κ1) is 53.9. The summed E-state index contributed by atoms with van der Waals surface area (Å²) in [7, 11) is 4.32. The first-order valence-corrected chi connectivity index (χ1v) is 24.5. The number of unbranched alkanes of at least 4 members (excludes halogenated alkanes) is 19. The van der Waals surface area contributed by atoms with Crippen molar-refractivity contribution in [1.29, 1.82) is 0 Å². The normalized spacial score (nSPS) is 13.3. The van der Waals surface area contributed by atoms with Crippen LogP contribution in [0.5, 0.6) is 0 Å². The number of rotatable bonds is 44. The fourth-order valence-corrected chi connectivity index (χ4v) is 7.84. The molecule has 0 radical (unpaired) electrons. The van der Waals surface area contributed by atoms with Crippen LogP contribution in [0.25, 0.3) is 0 Å². The maximum Gasteiger partial charge on any atom is 0.305 e. The number of esters is 2.